The van der Waals surface area contributed by atoms with Gasteiger partial charge in [-0.2, -0.15) is 4.98 Å². The van der Waals surface area contributed by atoms with Crippen molar-refractivity contribution in [3.8, 4) is 5.75 Å². The van der Waals surface area contributed by atoms with Crippen molar-refractivity contribution < 1.29 is 18.4 Å². The first-order valence-electron chi connectivity index (χ1n) is 11.3. The van der Waals surface area contributed by atoms with Gasteiger partial charge in [0.15, 0.2) is 5.82 Å². The Hall–Kier alpha value is -3.26. The Kier molecular flexibility index (Phi) is 5.85. The number of piperidine rings is 1. The summed E-state index contributed by atoms with van der Waals surface area (Å²) in [5, 5.41) is 7.37. The van der Waals surface area contributed by atoms with Crippen molar-refractivity contribution in [3.63, 3.8) is 0 Å². The third kappa shape index (κ3) is 4.61. The lowest BCUT2D eigenvalue weighted by Crippen LogP contribution is -2.44. The predicted octanol–water partition coefficient (Wildman–Crippen LogP) is 3.69. The summed E-state index contributed by atoms with van der Waals surface area (Å²) in [5.41, 5.74) is 1.39. The number of carbonyl (C=O) groups excluding carboxylic acids is 1. The number of aromatic nitrogens is 2. The van der Waals surface area contributed by atoms with Gasteiger partial charge < -0.3 is 14.6 Å². The first kappa shape index (κ1) is 21.6. The zero-order valence-electron chi connectivity index (χ0n) is 18.6. The summed E-state index contributed by atoms with van der Waals surface area (Å²) < 4.78 is 24.0. The van der Waals surface area contributed by atoms with Crippen molar-refractivity contribution in [1.29, 1.82) is 0 Å². The van der Waals surface area contributed by atoms with Gasteiger partial charge in [-0.05, 0) is 61.6 Å². The van der Waals surface area contributed by atoms with Crippen LogP contribution in [-0.4, -0.2) is 47.2 Å². The quantitative estimate of drug-likeness (QED) is 0.591. The van der Waals surface area contributed by atoms with Gasteiger partial charge in [-0.15, -0.1) is 0 Å². The molecule has 0 spiro atoms. The van der Waals surface area contributed by atoms with Gasteiger partial charge in [0.2, 0.25) is 5.89 Å². The fourth-order valence-electron chi connectivity index (χ4n) is 4.51. The van der Waals surface area contributed by atoms with E-state index in [0.29, 0.717) is 29.6 Å². The van der Waals surface area contributed by atoms with E-state index in [2.05, 4.69) is 20.4 Å². The molecule has 1 aromatic heterocycles. The van der Waals surface area contributed by atoms with Crippen LogP contribution in [0, 0.1) is 5.82 Å². The molecule has 1 aliphatic carbocycles. The molecule has 2 aromatic carbocycles. The number of carbonyl (C=O) groups is 1. The molecular weight excluding hydrogens is 423 g/mol. The summed E-state index contributed by atoms with van der Waals surface area (Å²) >= 11 is 0. The fourth-order valence-corrected chi connectivity index (χ4v) is 4.51. The Morgan fingerprint density at radius 1 is 1.21 bits per heavy atom. The van der Waals surface area contributed by atoms with Crippen molar-refractivity contribution in [1.82, 2.24) is 20.4 Å². The van der Waals surface area contributed by atoms with Gasteiger partial charge in [-0.1, -0.05) is 23.4 Å². The van der Waals surface area contributed by atoms with Crippen LogP contribution in [0.3, 0.4) is 0 Å². The standard InChI is InChI=1S/C25H27FN4O3/c1-32-21-4-2-3-17(15-21)23(31)27-20-9-13-30(14-10-20)16-22-28-24(29-33-22)25(11-12-25)18-5-7-19(26)8-6-18/h2-8,15,20H,9-14,16H2,1H3,(H,27,31). The molecule has 3 aromatic rings. The van der Waals surface area contributed by atoms with Gasteiger partial charge in [-0.25, -0.2) is 4.39 Å². The normalized spacial score (nSPS) is 18.1. The summed E-state index contributed by atoms with van der Waals surface area (Å²) in [7, 11) is 1.59. The molecule has 172 valence electrons. The molecule has 7 nitrogen and oxygen atoms in total. The van der Waals surface area contributed by atoms with Crippen LogP contribution in [0.4, 0.5) is 4.39 Å². The van der Waals surface area contributed by atoms with Crippen LogP contribution in [0.2, 0.25) is 0 Å². The zero-order chi connectivity index (χ0) is 22.8. The fraction of sp³-hybridized carbons (Fsp3) is 0.400. The minimum atomic E-state index is -0.244. The van der Waals surface area contributed by atoms with E-state index in [4.69, 9.17) is 9.26 Å². The van der Waals surface area contributed by atoms with Crippen LogP contribution < -0.4 is 10.1 Å². The molecule has 2 fully saturated rings. The molecule has 33 heavy (non-hydrogen) atoms. The van der Waals surface area contributed by atoms with Gasteiger partial charge >= 0.3 is 0 Å². The van der Waals surface area contributed by atoms with Crippen molar-refractivity contribution in [2.24, 2.45) is 0 Å². The smallest absolute Gasteiger partial charge is 0.251 e. The Labute approximate surface area is 191 Å². The van der Waals surface area contributed by atoms with E-state index in [1.54, 1.807) is 19.2 Å². The van der Waals surface area contributed by atoms with Gasteiger partial charge in [0, 0.05) is 24.7 Å². The Morgan fingerprint density at radius 2 is 1.97 bits per heavy atom. The van der Waals surface area contributed by atoms with Gasteiger partial charge in [0.05, 0.1) is 19.1 Å². The van der Waals surface area contributed by atoms with Gasteiger partial charge in [-0.3, -0.25) is 9.69 Å². The number of nitrogens with zero attached hydrogens (tertiary/aromatic N) is 3. The van der Waals surface area contributed by atoms with E-state index >= 15 is 0 Å². The molecule has 1 saturated heterocycles. The zero-order valence-corrected chi connectivity index (χ0v) is 18.6. The predicted molar refractivity (Wildman–Crippen MR) is 119 cm³/mol. The van der Waals surface area contributed by atoms with Crippen LogP contribution in [-0.2, 0) is 12.0 Å². The van der Waals surface area contributed by atoms with Gasteiger partial charge in [0.1, 0.15) is 11.6 Å². The number of halogens is 1. The van der Waals surface area contributed by atoms with E-state index < -0.39 is 0 Å². The lowest BCUT2D eigenvalue weighted by Gasteiger charge is -2.31. The first-order chi connectivity index (χ1) is 16.1. The maximum absolute atomic E-state index is 13.3. The van der Waals surface area contributed by atoms with E-state index in [0.717, 1.165) is 44.3 Å². The highest BCUT2D eigenvalue weighted by Crippen LogP contribution is 2.52. The maximum atomic E-state index is 13.3. The second-order valence-electron chi connectivity index (χ2n) is 8.86. The van der Waals surface area contributed by atoms with Crippen molar-refractivity contribution in [3.05, 3.63) is 77.2 Å². The van der Waals surface area contributed by atoms with Crippen LogP contribution >= 0.6 is 0 Å². The summed E-state index contributed by atoms with van der Waals surface area (Å²) in [6.45, 7) is 2.26. The largest absolute Gasteiger partial charge is 0.497 e. The van der Waals surface area contributed by atoms with Crippen molar-refractivity contribution in [2.75, 3.05) is 20.2 Å². The van der Waals surface area contributed by atoms with Crippen LogP contribution in [0.25, 0.3) is 0 Å². The number of nitrogens with one attached hydrogen (secondary N) is 1. The highest BCUT2D eigenvalue weighted by atomic mass is 19.1. The molecule has 8 heteroatoms. The third-order valence-corrected chi connectivity index (χ3v) is 6.66. The van der Waals surface area contributed by atoms with E-state index in [-0.39, 0.29) is 23.2 Å². The van der Waals surface area contributed by atoms with Crippen molar-refractivity contribution >= 4 is 5.91 Å². The minimum absolute atomic E-state index is 0.0792. The monoisotopic (exact) mass is 450 g/mol. The van der Waals surface area contributed by atoms with Gasteiger partial charge in [0.25, 0.3) is 5.91 Å². The molecule has 0 unspecified atom stereocenters. The summed E-state index contributed by atoms with van der Waals surface area (Å²) in [6.07, 6.45) is 3.60. The molecule has 0 bridgehead atoms. The SMILES string of the molecule is COc1cccc(C(=O)NC2CCN(Cc3nc(C4(c5ccc(F)cc5)CC4)no3)CC2)c1. The average Bonchev–Trinajstić information content (AvgIpc) is 3.52. The second kappa shape index (κ2) is 8.94. The molecule has 0 radical (unpaired) electrons. The molecular formula is C25H27FN4O3. The number of hydrogen-bond donors (Lipinski definition) is 1. The molecule has 2 aliphatic rings. The number of methoxy groups -OCH3 is 1. The Morgan fingerprint density at radius 3 is 2.67 bits per heavy atom. The average molecular weight is 451 g/mol. The molecule has 1 saturated carbocycles. The molecule has 1 amide bonds. The minimum Gasteiger partial charge on any atom is -0.497 e. The lowest BCUT2D eigenvalue weighted by molar-refractivity contribution is 0.0904. The maximum Gasteiger partial charge on any atom is 0.251 e. The van der Waals surface area contributed by atoms with Crippen LogP contribution in [0.5, 0.6) is 5.75 Å². The molecule has 1 N–H and O–H groups in total. The van der Waals surface area contributed by atoms with E-state index in [1.807, 2.05) is 24.3 Å². The number of ether oxygens (including phenoxy) is 1. The Bertz CT molecular complexity index is 1120. The first-order valence-corrected chi connectivity index (χ1v) is 11.3. The Balaban J connectivity index is 1.14. The summed E-state index contributed by atoms with van der Waals surface area (Å²) in [4.78, 5) is 19.5. The lowest BCUT2D eigenvalue weighted by atomic mass is 9.95. The number of benzene rings is 2. The number of likely N-dealkylation sites (tertiary alicyclic amines) is 1. The highest BCUT2D eigenvalue weighted by molar-refractivity contribution is 5.94. The second-order valence-corrected chi connectivity index (χ2v) is 8.86. The molecule has 0 atom stereocenters. The topological polar surface area (TPSA) is 80.5 Å². The van der Waals surface area contributed by atoms with Crippen LogP contribution in [0.15, 0.2) is 53.1 Å². The summed E-state index contributed by atoms with van der Waals surface area (Å²) in [6, 6.07) is 13.9. The van der Waals surface area contributed by atoms with E-state index in [1.165, 1.54) is 12.1 Å². The third-order valence-electron chi connectivity index (χ3n) is 6.66. The van der Waals surface area contributed by atoms with Crippen LogP contribution in [0.1, 0.15) is 53.3 Å². The molecule has 1 aliphatic heterocycles. The van der Waals surface area contributed by atoms with Crippen molar-refractivity contribution in [2.45, 2.75) is 43.7 Å². The summed E-state index contributed by atoms with van der Waals surface area (Å²) in [5.74, 6) is 1.63. The highest BCUT2D eigenvalue weighted by Gasteiger charge is 2.50. The molecule has 2 heterocycles. The number of rotatable bonds is 7. The number of hydrogen-bond acceptors (Lipinski definition) is 6. The molecule has 5 rings (SSSR count). The number of amides is 1. The van der Waals surface area contributed by atoms with E-state index in [9.17, 15) is 9.18 Å².